The maximum absolute atomic E-state index is 11.8. The molecule has 0 aliphatic heterocycles. The molecule has 2 heterocycles. The van der Waals surface area contributed by atoms with E-state index in [2.05, 4.69) is 15.1 Å². The quantitative estimate of drug-likeness (QED) is 0.623. The molecular formula is C16H17N3O3. The van der Waals surface area contributed by atoms with Gasteiger partial charge in [-0.1, -0.05) is 10.7 Å². The van der Waals surface area contributed by atoms with Crippen molar-refractivity contribution in [3.63, 3.8) is 0 Å². The topological polar surface area (TPSA) is 78.1 Å². The van der Waals surface area contributed by atoms with Crippen LogP contribution in [-0.4, -0.2) is 21.1 Å². The first-order valence-electron chi connectivity index (χ1n) is 7.26. The number of carbonyl (C=O) groups excluding carboxylic acids is 1. The highest BCUT2D eigenvalue weighted by molar-refractivity contribution is 5.83. The summed E-state index contributed by atoms with van der Waals surface area (Å²) in [5.74, 6) is 0.863. The molecule has 2 aromatic rings. The van der Waals surface area contributed by atoms with Crippen molar-refractivity contribution in [3.05, 3.63) is 42.1 Å². The maximum atomic E-state index is 11.8. The van der Waals surface area contributed by atoms with E-state index in [1.54, 1.807) is 31.5 Å². The van der Waals surface area contributed by atoms with E-state index in [4.69, 9.17) is 9.26 Å². The summed E-state index contributed by atoms with van der Waals surface area (Å²) in [5, 5.41) is 3.88. The third-order valence-electron chi connectivity index (χ3n) is 3.57. The smallest absolute Gasteiger partial charge is 0.331 e. The van der Waals surface area contributed by atoms with Gasteiger partial charge in [0.25, 0.3) is 5.89 Å². The Morgan fingerprint density at radius 2 is 2.32 bits per heavy atom. The predicted octanol–water partition coefficient (Wildman–Crippen LogP) is 3.09. The molecule has 1 aliphatic carbocycles. The minimum atomic E-state index is -0.589. The number of hydrogen-bond donors (Lipinski definition) is 0. The van der Waals surface area contributed by atoms with Gasteiger partial charge in [0.1, 0.15) is 0 Å². The highest BCUT2D eigenvalue weighted by Crippen LogP contribution is 2.36. The second-order valence-electron chi connectivity index (χ2n) is 5.44. The molecule has 3 rings (SSSR count). The largest absolute Gasteiger partial charge is 0.449 e. The maximum Gasteiger partial charge on any atom is 0.331 e. The second-order valence-corrected chi connectivity index (χ2v) is 5.44. The van der Waals surface area contributed by atoms with Crippen molar-refractivity contribution < 1.29 is 14.1 Å². The molecule has 1 aliphatic rings. The van der Waals surface area contributed by atoms with E-state index < -0.39 is 6.10 Å². The van der Waals surface area contributed by atoms with Gasteiger partial charge in [-0.05, 0) is 44.7 Å². The summed E-state index contributed by atoms with van der Waals surface area (Å²) in [4.78, 5) is 20.1. The average molecular weight is 299 g/mol. The van der Waals surface area contributed by atoms with Crippen LogP contribution in [0.3, 0.4) is 0 Å². The lowest BCUT2D eigenvalue weighted by Gasteiger charge is -2.07. The van der Waals surface area contributed by atoms with Crippen molar-refractivity contribution in [1.29, 1.82) is 0 Å². The molecule has 0 aromatic carbocycles. The van der Waals surface area contributed by atoms with Crippen molar-refractivity contribution in [1.82, 2.24) is 15.1 Å². The van der Waals surface area contributed by atoms with Crippen molar-refractivity contribution >= 4 is 5.97 Å². The second kappa shape index (κ2) is 6.09. The molecule has 0 saturated heterocycles. The molecule has 0 spiro atoms. The number of esters is 1. The number of nitrogens with zero attached hydrogens (tertiary/aromatic N) is 3. The van der Waals surface area contributed by atoms with Gasteiger partial charge in [-0.15, -0.1) is 0 Å². The van der Waals surface area contributed by atoms with Gasteiger partial charge in [0.2, 0.25) is 5.82 Å². The van der Waals surface area contributed by atoms with Gasteiger partial charge in [0, 0.05) is 24.0 Å². The molecule has 1 fully saturated rings. The summed E-state index contributed by atoms with van der Waals surface area (Å²) in [6.07, 6.45) is 6.59. The van der Waals surface area contributed by atoms with Crippen LogP contribution in [0, 0.1) is 5.92 Å². The van der Waals surface area contributed by atoms with Crippen molar-refractivity contribution in [3.8, 4) is 11.4 Å². The summed E-state index contributed by atoms with van der Waals surface area (Å²) in [6, 6.07) is 3.63. The fraction of sp³-hybridized carbons (Fsp3) is 0.375. The Morgan fingerprint density at radius 3 is 3.00 bits per heavy atom. The minimum absolute atomic E-state index is 0.268. The Morgan fingerprint density at radius 1 is 1.50 bits per heavy atom. The fourth-order valence-electron chi connectivity index (χ4n) is 2.11. The highest BCUT2D eigenvalue weighted by Gasteiger charge is 2.24. The molecule has 22 heavy (non-hydrogen) atoms. The molecule has 0 N–H and O–H groups in total. The van der Waals surface area contributed by atoms with Crippen LogP contribution < -0.4 is 0 Å². The first-order valence-corrected chi connectivity index (χ1v) is 7.26. The molecule has 114 valence electrons. The van der Waals surface area contributed by atoms with Crippen molar-refractivity contribution in [2.24, 2.45) is 5.92 Å². The van der Waals surface area contributed by atoms with Crippen LogP contribution in [0.1, 0.15) is 38.7 Å². The van der Waals surface area contributed by atoms with Crippen LogP contribution in [0.4, 0.5) is 0 Å². The number of allylic oxidation sites excluding steroid dienone is 1. The summed E-state index contributed by atoms with van der Waals surface area (Å²) >= 11 is 0. The lowest BCUT2D eigenvalue weighted by atomic mass is 10.2. The van der Waals surface area contributed by atoms with Gasteiger partial charge in [0.15, 0.2) is 6.10 Å². The monoisotopic (exact) mass is 299 g/mol. The van der Waals surface area contributed by atoms with Crippen LogP contribution in [0.5, 0.6) is 0 Å². The number of aromatic nitrogens is 3. The van der Waals surface area contributed by atoms with Crippen LogP contribution in [-0.2, 0) is 9.53 Å². The van der Waals surface area contributed by atoms with E-state index in [-0.39, 0.29) is 11.9 Å². The summed E-state index contributed by atoms with van der Waals surface area (Å²) < 4.78 is 10.5. The van der Waals surface area contributed by atoms with Gasteiger partial charge in [-0.2, -0.15) is 4.98 Å². The molecule has 0 amide bonds. The molecule has 1 unspecified atom stereocenters. The Kier molecular flexibility index (Phi) is 4.00. The van der Waals surface area contributed by atoms with Gasteiger partial charge >= 0.3 is 5.97 Å². The SMILES string of the molecule is C/C(=C\C(=O)OC(C)c1nc(-c2cccnc2)no1)C1CC1. The standard InChI is InChI=1S/C16H17N3O3/c1-10(12-5-6-12)8-14(20)21-11(2)16-18-15(19-22-16)13-4-3-7-17-9-13/h3-4,7-9,11-12H,5-6H2,1-2H3/b10-8+. The van der Waals surface area contributed by atoms with Gasteiger partial charge in [0.05, 0.1) is 0 Å². The Balaban J connectivity index is 1.65. The van der Waals surface area contributed by atoms with E-state index >= 15 is 0 Å². The predicted molar refractivity (Wildman–Crippen MR) is 78.5 cm³/mol. The zero-order valence-corrected chi connectivity index (χ0v) is 12.5. The van der Waals surface area contributed by atoms with E-state index in [0.29, 0.717) is 11.7 Å². The summed E-state index contributed by atoms with van der Waals surface area (Å²) in [6.45, 7) is 3.66. The molecule has 0 bridgehead atoms. The number of rotatable bonds is 5. The van der Waals surface area contributed by atoms with E-state index in [1.807, 2.05) is 13.0 Å². The van der Waals surface area contributed by atoms with Gasteiger partial charge in [-0.3, -0.25) is 4.98 Å². The molecule has 0 radical (unpaired) electrons. The minimum Gasteiger partial charge on any atom is -0.449 e. The van der Waals surface area contributed by atoms with E-state index in [1.165, 1.54) is 0 Å². The third-order valence-corrected chi connectivity index (χ3v) is 3.57. The molecular weight excluding hydrogens is 282 g/mol. The summed E-state index contributed by atoms with van der Waals surface area (Å²) in [5.41, 5.74) is 1.82. The van der Waals surface area contributed by atoms with Gasteiger partial charge in [-0.25, -0.2) is 4.79 Å². The third kappa shape index (κ3) is 3.39. The number of hydrogen-bond acceptors (Lipinski definition) is 6. The zero-order chi connectivity index (χ0) is 15.5. The van der Waals surface area contributed by atoms with Crippen LogP contribution in [0.15, 0.2) is 40.7 Å². The molecule has 2 aromatic heterocycles. The Hall–Kier alpha value is -2.50. The first kappa shape index (κ1) is 14.4. The number of ether oxygens (including phenoxy) is 1. The van der Waals surface area contributed by atoms with Gasteiger partial charge < -0.3 is 9.26 Å². The van der Waals surface area contributed by atoms with Crippen molar-refractivity contribution in [2.75, 3.05) is 0 Å². The normalized spacial score (nSPS) is 16.4. The van der Waals surface area contributed by atoms with E-state index in [9.17, 15) is 4.79 Å². The molecule has 1 atom stereocenters. The van der Waals surface area contributed by atoms with Crippen LogP contribution in [0.25, 0.3) is 11.4 Å². The lowest BCUT2D eigenvalue weighted by Crippen LogP contribution is -2.07. The zero-order valence-electron chi connectivity index (χ0n) is 12.5. The lowest BCUT2D eigenvalue weighted by molar-refractivity contribution is -0.143. The van der Waals surface area contributed by atoms with Crippen LogP contribution in [0.2, 0.25) is 0 Å². The number of carbonyl (C=O) groups is 1. The summed E-state index contributed by atoms with van der Waals surface area (Å²) in [7, 11) is 0. The molecule has 6 heteroatoms. The first-order chi connectivity index (χ1) is 10.6. The highest BCUT2D eigenvalue weighted by atomic mass is 16.6. The molecule has 6 nitrogen and oxygen atoms in total. The van der Waals surface area contributed by atoms with Crippen molar-refractivity contribution in [2.45, 2.75) is 32.8 Å². The van der Waals surface area contributed by atoms with Crippen LogP contribution >= 0.6 is 0 Å². The Bertz CT molecular complexity index is 690. The molecule has 1 saturated carbocycles. The fourth-order valence-corrected chi connectivity index (χ4v) is 2.11. The van der Waals surface area contributed by atoms with E-state index in [0.717, 1.165) is 24.0 Å². The average Bonchev–Trinajstić information content (AvgIpc) is 3.25. The Labute approximate surface area is 128 Å². The number of pyridine rings is 1.